The zero-order valence-corrected chi connectivity index (χ0v) is 14.6. The van der Waals surface area contributed by atoms with E-state index in [1.54, 1.807) is 0 Å². The standard InChI is InChI=1S/C20H32O3/c1-12-13-4-5-15-18(2)8-7-16(22)19(3,11-21)14(18)6-9-20(15,10-13)17(12)23/h13-17,21-23H,1,4-11H2,2-3H3/t13-,14-,15-,16+,17-,18+,19+,20+/m0/s1. The highest BCUT2D eigenvalue weighted by Crippen LogP contribution is 2.71. The van der Waals surface area contributed by atoms with Crippen molar-refractivity contribution in [3.63, 3.8) is 0 Å². The predicted molar refractivity (Wildman–Crippen MR) is 89.7 cm³/mol. The van der Waals surface area contributed by atoms with Gasteiger partial charge in [0.2, 0.25) is 0 Å². The van der Waals surface area contributed by atoms with Gasteiger partial charge in [0.05, 0.1) is 18.8 Å². The summed E-state index contributed by atoms with van der Waals surface area (Å²) < 4.78 is 0. The van der Waals surface area contributed by atoms with Crippen LogP contribution in [-0.4, -0.2) is 34.1 Å². The normalized spacial score (nSPS) is 58.7. The van der Waals surface area contributed by atoms with Crippen LogP contribution in [0.15, 0.2) is 12.2 Å². The molecule has 0 aromatic rings. The lowest BCUT2D eigenvalue weighted by atomic mass is 9.40. The van der Waals surface area contributed by atoms with Crippen LogP contribution in [0.1, 0.15) is 58.8 Å². The number of rotatable bonds is 1. The molecule has 0 heterocycles. The van der Waals surface area contributed by atoms with E-state index in [9.17, 15) is 15.3 Å². The molecular formula is C20H32O3. The van der Waals surface area contributed by atoms with E-state index in [2.05, 4.69) is 20.4 Å². The molecule has 8 atom stereocenters. The molecule has 0 aromatic carbocycles. The third-order valence-electron chi connectivity index (χ3n) is 8.89. The maximum Gasteiger partial charge on any atom is 0.0809 e. The van der Waals surface area contributed by atoms with Crippen LogP contribution >= 0.6 is 0 Å². The van der Waals surface area contributed by atoms with Crippen molar-refractivity contribution in [1.82, 2.24) is 0 Å². The molecular weight excluding hydrogens is 288 g/mol. The third kappa shape index (κ3) is 1.77. The van der Waals surface area contributed by atoms with Crippen LogP contribution in [0.3, 0.4) is 0 Å². The maximum absolute atomic E-state index is 11.0. The van der Waals surface area contributed by atoms with E-state index in [0.717, 1.165) is 44.1 Å². The number of fused-ring (bicyclic) bond motifs is 3. The lowest BCUT2D eigenvalue weighted by molar-refractivity contribution is -0.209. The van der Waals surface area contributed by atoms with E-state index in [1.165, 1.54) is 6.42 Å². The molecule has 130 valence electrons. The summed E-state index contributed by atoms with van der Waals surface area (Å²) in [6, 6.07) is 0. The molecule has 4 saturated carbocycles. The first-order valence-electron chi connectivity index (χ1n) is 9.45. The molecule has 2 bridgehead atoms. The highest BCUT2D eigenvalue weighted by Gasteiger charge is 2.67. The van der Waals surface area contributed by atoms with Crippen molar-refractivity contribution in [1.29, 1.82) is 0 Å². The van der Waals surface area contributed by atoms with Gasteiger partial charge >= 0.3 is 0 Å². The molecule has 0 amide bonds. The van der Waals surface area contributed by atoms with E-state index in [-0.39, 0.29) is 23.5 Å². The monoisotopic (exact) mass is 320 g/mol. The van der Waals surface area contributed by atoms with Gasteiger partial charge < -0.3 is 15.3 Å². The Morgan fingerprint density at radius 1 is 1.04 bits per heavy atom. The van der Waals surface area contributed by atoms with Gasteiger partial charge in [-0.05, 0) is 73.7 Å². The summed E-state index contributed by atoms with van der Waals surface area (Å²) in [5.74, 6) is 1.36. The minimum absolute atomic E-state index is 0.0178. The summed E-state index contributed by atoms with van der Waals surface area (Å²) >= 11 is 0. The lowest BCUT2D eigenvalue weighted by Crippen LogP contribution is -2.62. The van der Waals surface area contributed by atoms with Crippen molar-refractivity contribution in [3.8, 4) is 0 Å². The Hall–Kier alpha value is -0.380. The highest BCUT2D eigenvalue weighted by molar-refractivity contribution is 5.27. The molecule has 3 heteroatoms. The summed E-state index contributed by atoms with van der Waals surface area (Å²) in [7, 11) is 0. The van der Waals surface area contributed by atoms with Gasteiger partial charge in [0, 0.05) is 10.8 Å². The Morgan fingerprint density at radius 3 is 2.48 bits per heavy atom. The van der Waals surface area contributed by atoms with Crippen molar-refractivity contribution < 1.29 is 15.3 Å². The first-order chi connectivity index (χ1) is 10.8. The molecule has 4 aliphatic carbocycles. The smallest absolute Gasteiger partial charge is 0.0809 e. The molecule has 0 radical (unpaired) electrons. The Morgan fingerprint density at radius 2 is 1.78 bits per heavy atom. The van der Waals surface area contributed by atoms with Crippen LogP contribution < -0.4 is 0 Å². The summed E-state index contributed by atoms with van der Waals surface area (Å²) in [5.41, 5.74) is 0.817. The second-order valence-corrected chi connectivity index (χ2v) is 9.56. The van der Waals surface area contributed by atoms with Crippen LogP contribution in [-0.2, 0) is 0 Å². The summed E-state index contributed by atoms with van der Waals surface area (Å²) in [6.07, 6.45) is 6.52. The van der Waals surface area contributed by atoms with E-state index in [4.69, 9.17) is 0 Å². The molecule has 1 spiro atoms. The number of aliphatic hydroxyl groups excluding tert-OH is 3. The molecule has 3 N–H and O–H groups in total. The van der Waals surface area contributed by atoms with Gasteiger partial charge in [-0.2, -0.15) is 0 Å². The topological polar surface area (TPSA) is 60.7 Å². The fraction of sp³-hybridized carbons (Fsp3) is 0.900. The predicted octanol–water partition coefficient (Wildman–Crippen LogP) is 2.89. The SMILES string of the molecule is C=C1[C@H]2CC[C@H]3[C@]4(C)CC[C@@H](O)[C@](C)(CO)[C@H]4CC[C@]3(C2)[C@H]1O. The Labute approximate surface area is 139 Å². The maximum atomic E-state index is 11.0. The van der Waals surface area contributed by atoms with Crippen molar-refractivity contribution >= 4 is 0 Å². The summed E-state index contributed by atoms with van der Waals surface area (Å²) in [5, 5.41) is 31.6. The zero-order valence-electron chi connectivity index (χ0n) is 14.6. The van der Waals surface area contributed by atoms with Crippen molar-refractivity contribution in [3.05, 3.63) is 12.2 Å². The van der Waals surface area contributed by atoms with Crippen LogP contribution in [0.4, 0.5) is 0 Å². The number of hydrogen-bond donors (Lipinski definition) is 3. The van der Waals surface area contributed by atoms with E-state index in [0.29, 0.717) is 17.8 Å². The van der Waals surface area contributed by atoms with Crippen molar-refractivity contribution in [2.75, 3.05) is 6.61 Å². The van der Waals surface area contributed by atoms with Crippen molar-refractivity contribution in [2.24, 2.45) is 34.0 Å². The van der Waals surface area contributed by atoms with Crippen LogP contribution in [0.2, 0.25) is 0 Å². The van der Waals surface area contributed by atoms with Gasteiger partial charge in [0.1, 0.15) is 0 Å². The molecule has 4 aliphatic rings. The van der Waals surface area contributed by atoms with Gasteiger partial charge in [-0.15, -0.1) is 0 Å². The molecule has 0 saturated heterocycles. The molecule has 0 aliphatic heterocycles. The molecule has 0 unspecified atom stereocenters. The van der Waals surface area contributed by atoms with Crippen molar-refractivity contribution in [2.45, 2.75) is 71.0 Å². The average Bonchev–Trinajstić information content (AvgIpc) is 2.72. The van der Waals surface area contributed by atoms with Gasteiger partial charge in [0.25, 0.3) is 0 Å². The van der Waals surface area contributed by atoms with Gasteiger partial charge in [-0.25, -0.2) is 0 Å². The third-order valence-corrected chi connectivity index (χ3v) is 8.89. The quantitative estimate of drug-likeness (QED) is 0.651. The van der Waals surface area contributed by atoms with Crippen LogP contribution in [0.25, 0.3) is 0 Å². The first-order valence-corrected chi connectivity index (χ1v) is 9.45. The molecule has 4 rings (SSSR count). The second-order valence-electron chi connectivity index (χ2n) is 9.56. The minimum Gasteiger partial charge on any atom is -0.396 e. The van der Waals surface area contributed by atoms with Gasteiger partial charge in [-0.1, -0.05) is 20.4 Å². The van der Waals surface area contributed by atoms with E-state index < -0.39 is 11.5 Å². The second kappa shape index (κ2) is 4.83. The fourth-order valence-electron chi connectivity index (χ4n) is 7.61. The summed E-state index contributed by atoms with van der Waals surface area (Å²) in [6.45, 7) is 8.74. The highest BCUT2D eigenvalue weighted by atomic mass is 16.3. The lowest BCUT2D eigenvalue weighted by Gasteiger charge is -2.65. The molecule has 0 aromatic heterocycles. The Balaban J connectivity index is 1.77. The molecule has 23 heavy (non-hydrogen) atoms. The zero-order chi connectivity index (χ0) is 16.6. The van der Waals surface area contributed by atoms with Gasteiger partial charge in [-0.3, -0.25) is 0 Å². The molecule has 4 fully saturated rings. The first kappa shape index (κ1) is 16.1. The largest absolute Gasteiger partial charge is 0.396 e. The van der Waals surface area contributed by atoms with E-state index >= 15 is 0 Å². The Bertz CT molecular complexity index is 531. The summed E-state index contributed by atoms with van der Waals surface area (Å²) in [4.78, 5) is 0. The number of hydrogen-bond acceptors (Lipinski definition) is 3. The minimum atomic E-state index is -0.403. The number of aliphatic hydroxyl groups is 3. The molecule has 3 nitrogen and oxygen atoms in total. The fourth-order valence-corrected chi connectivity index (χ4v) is 7.61. The van der Waals surface area contributed by atoms with Gasteiger partial charge in [0.15, 0.2) is 0 Å². The van der Waals surface area contributed by atoms with Crippen LogP contribution in [0.5, 0.6) is 0 Å². The van der Waals surface area contributed by atoms with Crippen LogP contribution in [0, 0.1) is 34.0 Å². The Kier molecular flexibility index (Phi) is 3.38. The average molecular weight is 320 g/mol. The van der Waals surface area contributed by atoms with E-state index in [1.807, 2.05) is 0 Å².